The van der Waals surface area contributed by atoms with Crippen LogP contribution in [0.2, 0.25) is 0 Å². The van der Waals surface area contributed by atoms with E-state index in [4.69, 9.17) is 4.74 Å². The highest BCUT2D eigenvalue weighted by atomic mass is 16.5. The molecule has 0 aliphatic heterocycles. The van der Waals surface area contributed by atoms with Crippen LogP contribution < -0.4 is 10.6 Å². The SMILES string of the molecule is CC(=O)Nc1ccc(NC(=O)COC(C)(C)C)cc1C. The lowest BCUT2D eigenvalue weighted by Gasteiger charge is -2.19. The van der Waals surface area contributed by atoms with Gasteiger partial charge in [0.15, 0.2) is 0 Å². The summed E-state index contributed by atoms with van der Waals surface area (Å²) in [6, 6.07) is 5.31. The number of hydrogen-bond acceptors (Lipinski definition) is 3. The summed E-state index contributed by atoms with van der Waals surface area (Å²) in [6.07, 6.45) is 0. The van der Waals surface area contributed by atoms with E-state index in [1.807, 2.05) is 27.7 Å². The van der Waals surface area contributed by atoms with E-state index in [1.54, 1.807) is 18.2 Å². The number of ether oxygens (including phenoxy) is 1. The van der Waals surface area contributed by atoms with Crippen LogP contribution in [0.15, 0.2) is 18.2 Å². The molecule has 1 rings (SSSR count). The van der Waals surface area contributed by atoms with E-state index < -0.39 is 0 Å². The molecule has 1 aromatic rings. The second kappa shape index (κ2) is 6.52. The van der Waals surface area contributed by atoms with Crippen LogP contribution in [0.1, 0.15) is 33.3 Å². The Morgan fingerprint density at radius 3 is 2.35 bits per heavy atom. The third kappa shape index (κ3) is 5.84. The van der Waals surface area contributed by atoms with Gasteiger partial charge >= 0.3 is 0 Å². The van der Waals surface area contributed by atoms with E-state index in [9.17, 15) is 9.59 Å². The lowest BCUT2D eigenvalue weighted by atomic mass is 10.1. The van der Waals surface area contributed by atoms with E-state index >= 15 is 0 Å². The third-order valence-electron chi connectivity index (χ3n) is 2.46. The maximum absolute atomic E-state index is 11.7. The van der Waals surface area contributed by atoms with Gasteiger partial charge in [-0.1, -0.05) is 0 Å². The molecule has 0 aromatic heterocycles. The Morgan fingerprint density at radius 2 is 1.85 bits per heavy atom. The fraction of sp³-hybridized carbons (Fsp3) is 0.467. The molecule has 0 radical (unpaired) electrons. The van der Waals surface area contributed by atoms with Crippen LogP contribution in [0.3, 0.4) is 0 Å². The predicted octanol–water partition coefficient (Wildman–Crippen LogP) is 2.71. The number of anilines is 2. The Labute approximate surface area is 119 Å². The largest absolute Gasteiger partial charge is 0.366 e. The number of carbonyl (C=O) groups is 2. The van der Waals surface area contributed by atoms with Crippen molar-refractivity contribution in [2.75, 3.05) is 17.2 Å². The smallest absolute Gasteiger partial charge is 0.250 e. The highest BCUT2D eigenvalue weighted by molar-refractivity contribution is 5.93. The molecule has 2 N–H and O–H groups in total. The van der Waals surface area contributed by atoms with Crippen molar-refractivity contribution in [3.05, 3.63) is 23.8 Å². The highest BCUT2D eigenvalue weighted by Gasteiger charge is 2.13. The molecular weight excluding hydrogens is 256 g/mol. The molecule has 0 bridgehead atoms. The zero-order valence-corrected chi connectivity index (χ0v) is 12.7. The topological polar surface area (TPSA) is 67.4 Å². The third-order valence-corrected chi connectivity index (χ3v) is 2.46. The summed E-state index contributed by atoms with van der Waals surface area (Å²) in [4.78, 5) is 22.7. The van der Waals surface area contributed by atoms with Gasteiger partial charge in [-0.15, -0.1) is 0 Å². The number of benzene rings is 1. The molecule has 0 atom stereocenters. The van der Waals surface area contributed by atoms with Gasteiger partial charge in [0.25, 0.3) is 0 Å². The van der Waals surface area contributed by atoms with E-state index in [-0.39, 0.29) is 24.0 Å². The summed E-state index contributed by atoms with van der Waals surface area (Å²) in [5.74, 6) is -0.324. The Morgan fingerprint density at radius 1 is 1.20 bits per heavy atom. The summed E-state index contributed by atoms with van der Waals surface area (Å²) >= 11 is 0. The first-order chi connectivity index (χ1) is 9.17. The Bertz CT molecular complexity index is 504. The van der Waals surface area contributed by atoms with Gasteiger partial charge in [-0.25, -0.2) is 0 Å². The van der Waals surface area contributed by atoms with Crippen LogP contribution in [-0.4, -0.2) is 24.0 Å². The van der Waals surface area contributed by atoms with Crippen LogP contribution >= 0.6 is 0 Å². The maximum Gasteiger partial charge on any atom is 0.250 e. The summed E-state index contributed by atoms with van der Waals surface area (Å²) in [6.45, 7) is 9.02. The van der Waals surface area contributed by atoms with Crippen LogP contribution in [0.4, 0.5) is 11.4 Å². The van der Waals surface area contributed by atoms with E-state index in [1.165, 1.54) is 6.92 Å². The molecule has 20 heavy (non-hydrogen) atoms. The lowest BCUT2D eigenvalue weighted by Crippen LogP contribution is -2.27. The van der Waals surface area contributed by atoms with E-state index in [0.717, 1.165) is 11.3 Å². The van der Waals surface area contributed by atoms with E-state index in [0.29, 0.717) is 5.69 Å². The van der Waals surface area contributed by atoms with Gasteiger partial charge in [0.1, 0.15) is 6.61 Å². The fourth-order valence-corrected chi connectivity index (χ4v) is 1.55. The summed E-state index contributed by atoms with van der Waals surface area (Å²) < 4.78 is 5.40. The van der Waals surface area contributed by atoms with Crippen LogP contribution in [-0.2, 0) is 14.3 Å². The quantitative estimate of drug-likeness (QED) is 0.889. The average molecular weight is 278 g/mol. The van der Waals surface area contributed by atoms with Gasteiger partial charge in [-0.05, 0) is 51.5 Å². The zero-order chi connectivity index (χ0) is 15.3. The molecule has 0 saturated carbocycles. The molecule has 5 nitrogen and oxygen atoms in total. The predicted molar refractivity (Wildman–Crippen MR) is 79.8 cm³/mol. The normalized spacial score (nSPS) is 11.1. The average Bonchev–Trinajstić information content (AvgIpc) is 2.29. The van der Waals surface area contributed by atoms with Gasteiger partial charge in [-0.2, -0.15) is 0 Å². The van der Waals surface area contributed by atoms with Crippen molar-refractivity contribution >= 4 is 23.2 Å². The van der Waals surface area contributed by atoms with Crippen molar-refractivity contribution in [1.29, 1.82) is 0 Å². The minimum Gasteiger partial charge on any atom is -0.366 e. The molecule has 5 heteroatoms. The van der Waals surface area contributed by atoms with Gasteiger partial charge in [0, 0.05) is 18.3 Å². The molecule has 110 valence electrons. The molecule has 0 spiro atoms. The number of nitrogens with one attached hydrogen (secondary N) is 2. The van der Waals surface area contributed by atoms with Gasteiger partial charge < -0.3 is 15.4 Å². The maximum atomic E-state index is 11.7. The molecule has 0 saturated heterocycles. The molecule has 2 amide bonds. The second-order valence-electron chi connectivity index (χ2n) is 5.66. The first-order valence-corrected chi connectivity index (χ1v) is 6.49. The molecule has 0 fully saturated rings. The monoisotopic (exact) mass is 278 g/mol. The molecule has 1 aromatic carbocycles. The van der Waals surface area contributed by atoms with Crippen LogP contribution in [0.5, 0.6) is 0 Å². The van der Waals surface area contributed by atoms with Gasteiger partial charge in [-0.3, -0.25) is 9.59 Å². The standard InChI is InChI=1S/C15H22N2O3/c1-10-8-12(6-7-13(10)16-11(2)18)17-14(19)9-20-15(3,4)5/h6-8H,9H2,1-5H3,(H,16,18)(H,17,19). The van der Waals surface area contributed by atoms with Crippen LogP contribution in [0, 0.1) is 6.92 Å². The first-order valence-electron chi connectivity index (χ1n) is 6.49. The number of carbonyl (C=O) groups excluding carboxylic acids is 2. The zero-order valence-electron chi connectivity index (χ0n) is 12.7. The number of hydrogen-bond donors (Lipinski definition) is 2. The van der Waals surface area contributed by atoms with Crippen molar-refractivity contribution in [3.63, 3.8) is 0 Å². The van der Waals surface area contributed by atoms with Crippen LogP contribution in [0.25, 0.3) is 0 Å². The first kappa shape index (κ1) is 16.2. The van der Waals surface area contributed by atoms with Crippen molar-refractivity contribution in [2.24, 2.45) is 0 Å². The van der Waals surface area contributed by atoms with Crippen molar-refractivity contribution < 1.29 is 14.3 Å². The molecular formula is C15H22N2O3. The molecule has 0 aliphatic carbocycles. The van der Waals surface area contributed by atoms with Gasteiger partial charge in [0.05, 0.1) is 5.60 Å². The lowest BCUT2D eigenvalue weighted by molar-refractivity contribution is -0.125. The number of rotatable bonds is 4. The summed E-state index contributed by atoms with van der Waals surface area (Å²) in [5.41, 5.74) is 1.96. The Hall–Kier alpha value is -1.88. The Kier molecular flexibility index (Phi) is 5.27. The van der Waals surface area contributed by atoms with E-state index in [2.05, 4.69) is 10.6 Å². The minimum atomic E-state index is -0.345. The second-order valence-corrected chi connectivity index (χ2v) is 5.66. The molecule has 0 heterocycles. The number of aryl methyl sites for hydroxylation is 1. The van der Waals surface area contributed by atoms with Crippen molar-refractivity contribution in [1.82, 2.24) is 0 Å². The summed E-state index contributed by atoms with van der Waals surface area (Å²) in [7, 11) is 0. The van der Waals surface area contributed by atoms with Gasteiger partial charge in [0.2, 0.25) is 11.8 Å². The molecule has 0 unspecified atom stereocenters. The fourth-order valence-electron chi connectivity index (χ4n) is 1.55. The highest BCUT2D eigenvalue weighted by Crippen LogP contribution is 2.19. The van der Waals surface area contributed by atoms with Crippen molar-refractivity contribution in [3.8, 4) is 0 Å². The minimum absolute atomic E-state index is 0.00992. The summed E-state index contributed by atoms with van der Waals surface area (Å²) in [5, 5.41) is 5.48. The van der Waals surface area contributed by atoms with Crippen molar-refractivity contribution in [2.45, 2.75) is 40.2 Å². The number of amides is 2. The Balaban J connectivity index is 2.63. The molecule has 0 aliphatic rings.